The van der Waals surface area contributed by atoms with Crippen LogP contribution in [0.1, 0.15) is 200 Å². The molecule has 0 amide bonds. The first-order chi connectivity index (χ1) is 19.5. The highest BCUT2D eigenvalue weighted by Gasteiger charge is 2.14. The summed E-state index contributed by atoms with van der Waals surface area (Å²) < 4.78 is 0. The number of rotatable bonds is 32. The molecule has 0 saturated heterocycles. The fraction of sp³-hybridized carbons (Fsp3) is 0.889. The molecule has 0 aromatic heterocycles. The summed E-state index contributed by atoms with van der Waals surface area (Å²) in [5.74, 6) is -0.610. The Kier molecular flexibility index (Phi) is 29.6. The zero-order valence-corrected chi connectivity index (χ0v) is 26.9. The Balaban J connectivity index is 4.86. The van der Waals surface area contributed by atoms with Gasteiger partial charge in [0.05, 0.1) is 0 Å². The molecule has 4 heteroatoms. The number of carboxylic acids is 2. The van der Waals surface area contributed by atoms with Gasteiger partial charge >= 0.3 is 11.9 Å². The van der Waals surface area contributed by atoms with E-state index in [1.807, 2.05) is 0 Å². The second-order valence-electron chi connectivity index (χ2n) is 12.3. The lowest BCUT2D eigenvalue weighted by Gasteiger charge is -2.22. The summed E-state index contributed by atoms with van der Waals surface area (Å²) in [5, 5.41) is 17.7. The van der Waals surface area contributed by atoms with E-state index in [1.54, 1.807) is 5.57 Å². The predicted octanol–water partition coefficient (Wildman–Crippen LogP) is 12.1. The fourth-order valence-corrected chi connectivity index (χ4v) is 5.88. The minimum absolute atomic E-state index is 0.309. The molecule has 0 saturated carbocycles. The zero-order chi connectivity index (χ0) is 29.5. The van der Waals surface area contributed by atoms with Crippen molar-refractivity contribution in [2.24, 2.45) is 5.92 Å². The van der Waals surface area contributed by atoms with Gasteiger partial charge in [-0.2, -0.15) is 0 Å². The average Bonchev–Trinajstić information content (AvgIpc) is 2.92. The summed E-state index contributed by atoms with van der Waals surface area (Å²) in [7, 11) is 0. The van der Waals surface area contributed by atoms with Crippen LogP contribution < -0.4 is 0 Å². The summed E-state index contributed by atoms with van der Waals surface area (Å²) in [6, 6.07) is 0. The van der Waals surface area contributed by atoms with Gasteiger partial charge in [0.1, 0.15) is 0 Å². The lowest BCUT2D eigenvalue weighted by molar-refractivity contribution is -0.138. The lowest BCUT2D eigenvalue weighted by Crippen LogP contribution is -2.06. The molecule has 0 aromatic rings. The third-order valence-electron chi connectivity index (χ3n) is 8.44. The predicted molar refractivity (Wildman–Crippen MR) is 172 cm³/mol. The van der Waals surface area contributed by atoms with Crippen molar-refractivity contribution >= 4 is 11.9 Å². The Morgan fingerprint density at radius 2 is 0.825 bits per heavy atom. The molecule has 2 N–H and O–H groups in total. The number of hydrogen-bond donors (Lipinski definition) is 2. The highest BCUT2D eigenvalue weighted by atomic mass is 16.4. The molecule has 0 aromatic carbocycles. The van der Waals surface area contributed by atoms with Gasteiger partial charge in [0, 0.05) is 12.8 Å². The molecule has 0 rings (SSSR count). The van der Waals surface area contributed by atoms with Crippen LogP contribution in [0.2, 0.25) is 0 Å². The van der Waals surface area contributed by atoms with Gasteiger partial charge in [-0.25, -0.2) is 0 Å². The Labute approximate surface area is 249 Å². The number of hydrogen-bond acceptors (Lipinski definition) is 2. The number of carbonyl (C=O) groups is 2. The topological polar surface area (TPSA) is 74.6 Å². The van der Waals surface area contributed by atoms with Crippen LogP contribution in [0.15, 0.2) is 11.6 Å². The molecule has 40 heavy (non-hydrogen) atoms. The van der Waals surface area contributed by atoms with Crippen molar-refractivity contribution in [1.82, 2.24) is 0 Å². The van der Waals surface area contributed by atoms with Crippen LogP contribution in [-0.4, -0.2) is 22.2 Å². The molecule has 0 heterocycles. The SMILES string of the molecule is CCCCCCCCC=C(CCCCCCCC(=O)O)C(CCCCCCCC)CCCCCCCCC(=O)O. The smallest absolute Gasteiger partial charge is 0.303 e. The maximum absolute atomic E-state index is 10.8. The zero-order valence-electron chi connectivity index (χ0n) is 26.9. The van der Waals surface area contributed by atoms with Gasteiger partial charge in [0.2, 0.25) is 0 Å². The molecule has 0 radical (unpaired) electrons. The van der Waals surface area contributed by atoms with Crippen LogP contribution in [0.5, 0.6) is 0 Å². The van der Waals surface area contributed by atoms with E-state index in [1.165, 1.54) is 135 Å². The minimum atomic E-state index is -0.669. The molecule has 236 valence electrons. The molecule has 4 nitrogen and oxygen atoms in total. The van der Waals surface area contributed by atoms with E-state index in [-0.39, 0.29) is 0 Å². The molecule has 0 fully saturated rings. The van der Waals surface area contributed by atoms with Gasteiger partial charge < -0.3 is 10.2 Å². The largest absolute Gasteiger partial charge is 0.481 e. The van der Waals surface area contributed by atoms with E-state index >= 15 is 0 Å². The highest BCUT2D eigenvalue weighted by Crippen LogP contribution is 2.30. The molecule has 0 bridgehead atoms. The second-order valence-corrected chi connectivity index (χ2v) is 12.3. The first-order valence-corrected chi connectivity index (χ1v) is 17.6. The Hall–Kier alpha value is -1.32. The van der Waals surface area contributed by atoms with E-state index in [9.17, 15) is 9.59 Å². The van der Waals surface area contributed by atoms with Gasteiger partial charge in [0.15, 0.2) is 0 Å². The summed E-state index contributed by atoms with van der Waals surface area (Å²) in [5.41, 5.74) is 1.73. The van der Waals surface area contributed by atoms with E-state index < -0.39 is 11.9 Å². The summed E-state index contributed by atoms with van der Waals surface area (Å²) in [6.07, 6.45) is 36.9. The monoisotopic (exact) mass is 565 g/mol. The summed E-state index contributed by atoms with van der Waals surface area (Å²) >= 11 is 0. The van der Waals surface area contributed by atoms with Crippen LogP contribution in [0.4, 0.5) is 0 Å². The van der Waals surface area contributed by atoms with Crippen molar-refractivity contribution in [1.29, 1.82) is 0 Å². The maximum atomic E-state index is 10.8. The van der Waals surface area contributed by atoms with E-state index in [2.05, 4.69) is 19.9 Å². The van der Waals surface area contributed by atoms with E-state index in [4.69, 9.17) is 10.2 Å². The van der Waals surface area contributed by atoms with E-state index in [0.717, 1.165) is 44.4 Å². The molecular weight excluding hydrogens is 496 g/mol. The molecule has 0 aliphatic heterocycles. The second kappa shape index (κ2) is 30.6. The highest BCUT2D eigenvalue weighted by molar-refractivity contribution is 5.66. The minimum Gasteiger partial charge on any atom is -0.481 e. The van der Waals surface area contributed by atoms with Crippen molar-refractivity contribution in [3.05, 3.63) is 11.6 Å². The normalized spacial score (nSPS) is 12.6. The van der Waals surface area contributed by atoms with Crippen LogP contribution in [0.25, 0.3) is 0 Å². The summed E-state index contributed by atoms with van der Waals surface area (Å²) in [4.78, 5) is 21.5. The Morgan fingerprint density at radius 1 is 0.475 bits per heavy atom. The fourth-order valence-electron chi connectivity index (χ4n) is 5.88. The van der Waals surface area contributed by atoms with Crippen molar-refractivity contribution in [3.63, 3.8) is 0 Å². The number of unbranched alkanes of at least 4 members (excludes halogenated alkanes) is 20. The first-order valence-electron chi connectivity index (χ1n) is 17.6. The number of aliphatic carboxylic acids is 2. The molecular formula is C36H68O4. The maximum Gasteiger partial charge on any atom is 0.303 e. The van der Waals surface area contributed by atoms with Gasteiger partial charge in [-0.05, 0) is 57.3 Å². The van der Waals surface area contributed by atoms with Crippen LogP contribution in [0.3, 0.4) is 0 Å². The van der Waals surface area contributed by atoms with Gasteiger partial charge in [-0.1, -0.05) is 147 Å². The van der Waals surface area contributed by atoms with E-state index in [0.29, 0.717) is 12.8 Å². The lowest BCUT2D eigenvalue weighted by atomic mass is 9.84. The molecule has 0 aliphatic rings. The number of allylic oxidation sites excluding steroid dienone is 2. The van der Waals surface area contributed by atoms with Gasteiger partial charge in [0.25, 0.3) is 0 Å². The van der Waals surface area contributed by atoms with Crippen molar-refractivity contribution in [2.75, 3.05) is 0 Å². The molecule has 1 atom stereocenters. The molecule has 0 spiro atoms. The van der Waals surface area contributed by atoms with Crippen LogP contribution >= 0.6 is 0 Å². The third-order valence-corrected chi connectivity index (χ3v) is 8.44. The standard InChI is InChI=1S/C36H68O4/c1-3-5-7-9-11-16-22-28-34(30-24-18-14-20-26-32-36(39)40)33(27-21-15-10-8-6-4-2)29-23-17-12-13-19-25-31-35(37)38/h28,33H,3-27,29-32H2,1-2H3,(H,37,38)(H,39,40). The summed E-state index contributed by atoms with van der Waals surface area (Å²) in [6.45, 7) is 4.57. The van der Waals surface area contributed by atoms with Crippen molar-refractivity contribution in [2.45, 2.75) is 200 Å². The van der Waals surface area contributed by atoms with Gasteiger partial charge in [-0.15, -0.1) is 0 Å². The average molecular weight is 565 g/mol. The number of carboxylic acid groups (broad SMARTS) is 2. The van der Waals surface area contributed by atoms with Crippen molar-refractivity contribution in [3.8, 4) is 0 Å². The quantitative estimate of drug-likeness (QED) is 0.0629. The third kappa shape index (κ3) is 28.2. The Morgan fingerprint density at radius 3 is 1.25 bits per heavy atom. The van der Waals surface area contributed by atoms with Crippen LogP contribution in [0, 0.1) is 5.92 Å². The van der Waals surface area contributed by atoms with Gasteiger partial charge in [-0.3, -0.25) is 9.59 Å². The first kappa shape index (κ1) is 38.7. The molecule has 1 unspecified atom stereocenters. The molecule has 0 aliphatic carbocycles. The van der Waals surface area contributed by atoms with Crippen molar-refractivity contribution < 1.29 is 19.8 Å². The Bertz CT molecular complexity index is 598. The van der Waals surface area contributed by atoms with Crippen LogP contribution in [-0.2, 0) is 9.59 Å².